The van der Waals surface area contributed by atoms with Gasteiger partial charge in [0.1, 0.15) is 5.70 Å². The standard InChI is InChI=1S/C19H31N3O4S/c1-4-20-7-5-6-12-8-13(9-21-12)27-17-10(2)15-14(11(3)23)18(24)22(15)16(17)19(25)26/h10-15,20-21,23H,4-9H2,1-3H3,(H,25,26)/t10-,11-,12-,13+,14-,15-/m1/s1. The summed E-state index contributed by atoms with van der Waals surface area (Å²) in [5, 5.41) is 26.8. The van der Waals surface area contributed by atoms with Gasteiger partial charge in [0.2, 0.25) is 5.91 Å². The molecule has 3 heterocycles. The number of nitrogens with zero attached hydrogens (tertiary/aromatic N) is 1. The number of aliphatic hydroxyl groups excluding tert-OH is 1. The molecule has 2 saturated heterocycles. The van der Waals surface area contributed by atoms with Crippen LogP contribution in [0.3, 0.4) is 0 Å². The van der Waals surface area contributed by atoms with Crippen LogP contribution >= 0.6 is 11.8 Å². The summed E-state index contributed by atoms with van der Waals surface area (Å²) >= 11 is 1.62. The van der Waals surface area contributed by atoms with E-state index >= 15 is 0 Å². The van der Waals surface area contributed by atoms with Crippen molar-refractivity contribution in [1.82, 2.24) is 15.5 Å². The molecular formula is C19H31N3O4S. The van der Waals surface area contributed by atoms with Crippen LogP contribution in [0.2, 0.25) is 0 Å². The second-order valence-electron chi connectivity index (χ2n) is 7.85. The van der Waals surface area contributed by atoms with Gasteiger partial charge < -0.3 is 25.7 Å². The number of aliphatic hydroxyl groups is 1. The van der Waals surface area contributed by atoms with E-state index < -0.39 is 18.0 Å². The summed E-state index contributed by atoms with van der Waals surface area (Å²) in [5.74, 6) is -1.85. The Kier molecular flexibility index (Phi) is 6.50. The largest absolute Gasteiger partial charge is 0.477 e. The summed E-state index contributed by atoms with van der Waals surface area (Å²) in [5.41, 5.74) is 0.134. The Bertz CT molecular complexity index is 624. The number of carbonyl (C=O) groups excluding carboxylic acids is 1. The predicted molar refractivity (Wildman–Crippen MR) is 105 cm³/mol. The molecular weight excluding hydrogens is 366 g/mol. The summed E-state index contributed by atoms with van der Waals surface area (Å²) in [6.07, 6.45) is 2.50. The van der Waals surface area contributed by atoms with Gasteiger partial charge in [0, 0.05) is 28.7 Å². The SMILES string of the molecule is CCNCCC[C@@H]1C[C@H](SC2=C(C(=O)O)N3C(=O)[C@H]([C@@H](C)O)[C@H]3[C@H]2C)CN1. The van der Waals surface area contributed by atoms with Crippen molar-refractivity contribution in [2.24, 2.45) is 11.8 Å². The molecule has 0 bridgehead atoms. The summed E-state index contributed by atoms with van der Waals surface area (Å²) in [4.78, 5) is 26.5. The minimum absolute atomic E-state index is 0.0498. The third-order valence-electron chi connectivity index (χ3n) is 5.94. The van der Waals surface area contributed by atoms with Crippen LogP contribution in [-0.4, -0.2) is 70.1 Å². The topological polar surface area (TPSA) is 102 Å². The van der Waals surface area contributed by atoms with Crippen LogP contribution in [0.15, 0.2) is 10.6 Å². The molecule has 0 aromatic heterocycles. The molecule has 7 nitrogen and oxygen atoms in total. The molecule has 8 heteroatoms. The van der Waals surface area contributed by atoms with E-state index in [0.717, 1.165) is 43.8 Å². The number of β-lactam (4-membered cyclic amide) rings is 1. The Morgan fingerprint density at radius 3 is 2.85 bits per heavy atom. The van der Waals surface area contributed by atoms with Crippen LogP contribution in [0.4, 0.5) is 0 Å². The van der Waals surface area contributed by atoms with Gasteiger partial charge >= 0.3 is 5.97 Å². The second-order valence-corrected chi connectivity index (χ2v) is 9.19. The maximum Gasteiger partial charge on any atom is 0.353 e. The van der Waals surface area contributed by atoms with E-state index in [9.17, 15) is 19.8 Å². The average Bonchev–Trinajstić information content (AvgIpc) is 3.14. The van der Waals surface area contributed by atoms with Gasteiger partial charge in [0.05, 0.1) is 18.1 Å². The number of hydrogen-bond acceptors (Lipinski definition) is 6. The maximum atomic E-state index is 12.4. The van der Waals surface area contributed by atoms with Crippen molar-refractivity contribution in [3.05, 3.63) is 10.6 Å². The van der Waals surface area contributed by atoms with Gasteiger partial charge in [-0.1, -0.05) is 13.8 Å². The van der Waals surface area contributed by atoms with Crippen molar-refractivity contribution in [2.45, 2.75) is 63.5 Å². The molecule has 0 aliphatic carbocycles. The van der Waals surface area contributed by atoms with Crippen LogP contribution in [0.1, 0.15) is 40.0 Å². The first-order valence-electron chi connectivity index (χ1n) is 9.96. The smallest absolute Gasteiger partial charge is 0.353 e. The summed E-state index contributed by atoms with van der Waals surface area (Å²) < 4.78 is 0. The van der Waals surface area contributed by atoms with Crippen molar-refractivity contribution >= 4 is 23.6 Å². The fourth-order valence-electron chi connectivity index (χ4n) is 4.60. The lowest BCUT2D eigenvalue weighted by atomic mass is 9.79. The van der Waals surface area contributed by atoms with Gasteiger partial charge in [0.15, 0.2) is 0 Å². The van der Waals surface area contributed by atoms with E-state index in [1.807, 2.05) is 6.92 Å². The first-order chi connectivity index (χ1) is 12.9. The van der Waals surface area contributed by atoms with Crippen molar-refractivity contribution in [3.8, 4) is 0 Å². The number of rotatable bonds is 9. The molecule has 6 atom stereocenters. The molecule has 3 rings (SSSR count). The Balaban J connectivity index is 1.64. The van der Waals surface area contributed by atoms with Crippen LogP contribution in [0.25, 0.3) is 0 Å². The highest BCUT2D eigenvalue weighted by atomic mass is 32.2. The van der Waals surface area contributed by atoms with E-state index in [1.165, 1.54) is 4.90 Å². The van der Waals surface area contributed by atoms with Gasteiger partial charge in [-0.2, -0.15) is 0 Å². The van der Waals surface area contributed by atoms with Crippen molar-refractivity contribution in [2.75, 3.05) is 19.6 Å². The first-order valence-corrected chi connectivity index (χ1v) is 10.8. The third-order valence-corrected chi connectivity index (χ3v) is 7.45. The van der Waals surface area contributed by atoms with E-state index in [-0.39, 0.29) is 23.6 Å². The fraction of sp³-hybridized carbons (Fsp3) is 0.789. The normalized spacial score (nSPS) is 34.0. The molecule has 2 fully saturated rings. The molecule has 0 aromatic rings. The molecule has 3 aliphatic heterocycles. The molecule has 0 spiro atoms. The zero-order valence-electron chi connectivity index (χ0n) is 16.3. The fourth-order valence-corrected chi connectivity index (χ4v) is 6.12. The highest BCUT2D eigenvalue weighted by molar-refractivity contribution is 8.03. The minimum Gasteiger partial charge on any atom is -0.477 e. The number of amides is 1. The lowest BCUT2D eigenvalue weighted by Crippen LogP contribution is -2.63. The highest BCUT2D eigenvalue weighted by Gasteiger charge is 2.60. The van der Waals surface area contributed by atoms with E-state index in [1.54, 1.807) is 18.7 Å². The molecule has 1 amide bonds. The number of fused-ring (bicyclic) bond motifs is 1. The zero-order chi connectivity index (χ0) is 19.7. The number of aliphatic carboxylic acids is 1. The Labute approximate surface area is 164 Å². The molecule has 3 aliphatic rings. The van der Waals surface area contributed by atoms with Gasteiger partial charge in [-0.3, -0.25) is 4.79 Å². The highest BCUT2D eigenvalue weighted by Crippen LogP contribution is 2.51. The van der Waals surface area contributed by atoms with Crippen molar-refractivity contribution < 1.29 is 19.8 Å². The van der Waals surface area contributed by atoms with Crippen molar-refractivity contribution in [1.29, 1.82) is 0 Å². The maximum absolute atomic E-state index is 12.4. The number of thioether (sulfide) groups is 1. The second kappa shape index (κ2) is 8.51. The zero-order valence-corrected chi connectivity index (χ0v) is 17.1. The number of carboxylic acid groups (broad SMARTS) is 1. The Morgan fingerprint density at radius 2 is 2.22 bits per heavy atom. The number of carbonyl (C=O) groups is 2. The summed E-state index contributed by atoms with van der Waals surface area (Å²) in [6, 6.07) is 0.243. The molecule has 0 radical (unpaired) electrons. The Hall–Kier alpha value is -1.09. The van der Waals surface area contributed by atoms with Crippen LogP contribution < -0.4 is 10.6 Å². The van der Waals surface area contributed by atoms with Gasteiger partial charge in [-0.25, -0.2) is 4.79 Å². The summed E-state index contributed by atoms with van der Waals surface area (Å²) in [7, 11) is 0. The molecule has 0 aromatic carbocycles. The van der Waals surface area contributed by atoms with E-state index in [0.29, 0.717) is 11.3 Å². The molecule has 4 N–H and O–H groups in total. The molecule has 27 heavy (non-hydrogen) atoms. The van der Waals surface area contributed by atoms with Gasteiger partial charge in [-0.05, 0) is 39.3 Å². The van der Waals surface area contributed by atoms with E-state index in [2.05, 4.69) is 17.6 Å². The van der Waals surface area contributed by atoms with Crippen LogP contribution in [0, 0.1) is 11.8 Å². The van der Waals surface area contributed by atoms with Gasteiger partial charge in [-0.15, -0.1) is 11.8 Å². The van der Waals surface area contributed by atoms with Gasteiger partial charge in [0.25, 0.3) is 0 Å². The minimum atomic E-state index is -1.04. The number of hydrogen-bond donors (Lipinski definition) is 4. The molecule has 0 unspecified atom stereocenters. The molecule has 0 saturated carbocycles. The van der Waals surface area contributed by atoms with E-state index in [4.69, 9.17) is 0 Å². The number of nitrogens with one attached hydrogen (secondary N) is 2. The lowest BCUT2D eigenvalue weighted by Gasteiger charge is -2.46. The van der Waals surface area contributed by atoms with Crippen molar-refractivity contribution in [3.63, 3.8) is 0 Å². The lowest BCUT2D eigenvalue weighted by molar-refractivity contribution is -0.163. The van der Waals surface area contributed by atoms with Crippen LogP contribution in [-0.2, 0) is 9.59 Å². The first kappa shape index (κ1) is 20.6. The third kappa shape index (κ3) is 3.90. The number of carboxylic acids is 1. The monoisotopic (exact) mass is 397 g/mol. The predicted octanol–water partition coefficient (Wildman–Crippen LogP) is 0.994. The Morgan fingerprint density at radius 1 is 1.48 bits per heavy atom. The summed E-state index contributed by atoms with van der Waals surface area (Å²) in [6.45, 7) is 8.57. The molecule has 152 valence electrons. The quantitative estimate of drug-likeness (QED) is 0.340. The average molecular weight is 398 g/mol. The van der Waals surface area contributed by atoms with Crippen LogP contribution in [0.5, 0.6) is 0 Å².